The lowest BCUT2D eigenvalue weighted by atomic mass is 10.2. The van der Waals surface area contributed by atoms with Crippen molar-refractivity contribution in [3.05, 3.63) is 95.2 Å². The van der Waals surface area contributed by atoms with Gasteiger partial charge in [0, 0.05) is 5.56 Å². The first kappa shape index (κ1) is 21.4. The molecule has 0 N–H and O–H groups in total. The van der Waals surface area contributed by atoms with Crippen molar-refractivity contribution in [3.63, 3.8) is 0 Å². The lowest BCUT2D eigenvalue weighted by Crippen LogP contribution is -2.05. The number of hydrogen-bond acceptors (Lipinski definition) is 5. The molecule has 1 heterocycles. The molecule has 3 aromatic carbocycles. The molecule has 3 aromatic rings. The number of nitrogens with zero attached hydrogens (tertiary/aromatic N) is 1. The van der Waals surface area contributed by atoms with E-state index in [0.29, 0.717) is 11.3 Å². The molecule has 32 heavy (non-hydrogen) atoms. The van der Waals surface area contributed by atoms with Crippen LogP contribution < -0.4 is 9.47 Å². The highest BCUT2D eigenvalue weighted by Crippen LogP contribution is 2.25. The van der Waals surface area contributed by atoms with Crippen LogP contribution in [0.3, 0.4) is 0 Å². The third kappa shape index (κ3) is 5.24. The number of aryl methyl sites for hydroxylation is 1. The minimum atomic E-state index is -0.473. The standard InChI is InChI=1S/C27H25NO4/c1-4-19-5-11-23(12-6-19)31-24-15-9-21(10-16-24)26-28-25(27(29)32-26)17-20-7-13-22(14-8-20)30-18(2)3/h5-18H,4H2,1-3H3/b25-17-. The first-order valence-electron chi connectivity index (χ1n) is 10.7. The van der Waals surface area contributed by atoms with Gasteiger partial charge in [-0.15, -0.1) is 0 Å². The molecule has 0 bridgehead atoms. The van der Waals surface area contributed by atoms with Crippen LogP contribution in [0.4, 0.5) is 0 Å². The largest absolute Gasteiger partial charge is 0.491 e. The maximum atomic E-state index is 12.3. The van der Waals surface area contributed by atoms with Crippen LogP contribution in [0.5, 0.6) is 17.2 Å². The number of ether oxygens (including phenoxy) is 3. The number of carbonyl (C=O) groups is 1. The predicted molar refractivity (Wildman–Crippen MR) is 125 cm³/mol. The van der Waals surface area contributed by atoms with Gasteiger partial charge in [0.05, 0.1) is 6.10 Å². The number of carbonyl (C=O) groups excluding carboxylic acids is 1. The quantitative estimate of drug-likeness (QED) is 0.334. The average molecular weight is 428 g/mol. The van der Waals surface area contributed by atoms with E-state index in [1.807, 2.05) is 74.5 Å². The van der Waals surface area contributed by atoms with Crippen molar-refractivity contribution in [2.24, 2.45) is 4.99 Å². The average Bonchev–Trinajstić information content (AvgIpc) is 3.16. The second kappa shape index (κ2) is 9.52. The summed E-state index contributed by atoms with van der Waals surface area (Å²) in [6, 6.07) is 22.8. The van der Waals surface area contributed by atoms with Crippen molar-refractivity contribution >= 4 is 17.9 Å². The van der Waals surface area contributed by atoms with Crippen molar-refractivity contribution < 1.29 is 19.0 Å². The van der Waals surface area contributed by atoms with Crippen LogP contribution in [-0.4, -0.2) is 18.0 Å². The SMILES string of the molecule is CCc1ccc(Oc2ccc(C3=N/C(=C\c4ccc(OC(C)C)cc4)C(=O)O3)cc2)cc1. The fourth-order valence-corrected chi connectivity index (χ4v) is 3.20. The van der Waals surface area contributed by atoms with Gasteiger partial charge >= 0.3 is 5.97 Å². The van der Waals surface area contributed by atoms with E-state index in [1.165, 1.54) is 5.56 Å². The van der Waals surface area contributed by atoms with Crippen molar-refractivity contribution in [1.82, 2.24) is 0 Å². The molecule has 5 nitrogen and oxygen atoms in total. The molecule has 0 aromatic heterocycles. The van der Waals surface area contributed by atoms with E-state index < -0.39 is 5.97 Å². The van der Waals surface area contributed by atoms with E-state index >= 15 is 0 Å². The van der Waals surface area contributed by atoms with Crippen LogP contribution in [-0.2, 0) is 16.0 Å². The van der Waals surface area contributed by atoms with E-state index in [-0.39, 0.29) is 17.7 Å². The zero-order chi connectivity index (χ0) is 22.5. The molecule has 0 spiro atoms. The Bertz CT molecular complexity index is 1140. The Kier molecular flexibility index (Phi) is 6.36. The Morgan fingerprint density at radius 3 is 2.06 bits per heavy atom. The van der Waals surface area contributed by atoms with Crippen LogP contribution in [0, 0.1) is 0 Å². The summed E-state index contributed by atoms with van der Waals surface area (Å²) in [5, 5.41) is 0. The molecule has 0 fully saturated rings. The van der Waals surface area contributed by atoms with E-state index in [1.54, 1.807) is 6.08 Å². The molecule has 1 aliphatic heterocycles. The normalized spacial score (nSPS) is 14.4. The third-order valence-electron chi connectivity index (χ3n) is 4.84. The number of aliphatic imine (C=N–C) groups is 1. The van der Waals surface area contributed by atoms with Gasteiger partial charge in [-0.05, 0) is 86.0 Å². The monoisotopic (exact) mass is 427 g/mol. The van der Waals surface area contributed by atoms with E-state index in [0.717, 1.165) is 23.5 Å². The van der Waals surface area contributed by atoms with Gasteiger partial charge in [0.1, 0.15) is 17.2 Å². The van der Waals surface area contributed by atoms with E-state index in [2.05, 4.69) is 24.0 Å². The van der Waals surface area contributed by atoms with Gasteiger partial charge in [0.15, 0.2) is 5.70 Å². The fraction of sp³-hybridized carbons (Fsp3) is 0.185. The summed E-state index contributed by atoms with van der Waals surface area (Å²) in [5.74, 6) is 2.06. The Morgan fingerprint density at radius 1 is 0.875 bits per heavy atom. The summed E-state index contributed by atoms with van der Waals surface area (Å²) >= 11 is 0. The fourth-order valence-electron chi connectivity index (χ4n) is 3.20. The Labute approximate surface area is 188 Å². The molecule has 0 saturated heterocycles. The lowest BCUT2D eigenvalue weighted by molar-refractivity contribution is -0.129. The van der Waals surface area contributed by atoms with Gasteiger partial charge < -0.3 is 14.2 Å². The summed E-state index contributed by atoms with van der Waals surface area (Å²) in [6.07, 6.45) is 2.80. The molecule has 0 aliphatic carbocycles. The van der Waals surface area contributed by atoms with Crippen molar-refractivity contribution in [2.45, 2.75) is 33.3 Å². The van der Waals surface area contributed by atoms with Gasteiger partial charge in [-0.1, -0.05) is 31.2 Å². The van der Waals surface area contributed by atoms with Crippen LogP contribution in [0.1, 0.15) is 37.5 Å². The minimum Gasteiger partial charge on any atom is -0.491 e. The van der Waals surface area contributed by atoms with Crippen LogP contribution in [0.2, 0.25) is 0 Å². The maximum absolute atomic E-state index is 12.3. The smallest absolute Gasteiger partial charge is 0.363 e. The molecule has 5 heteroatoms. The van der Waals surface area contributed by atoms with Crippen LogP contribution in [0.25, 0.3) is 6.08 Å². The zero-order valence-corrected chi connectivity index (χ0v) is 18.4. The lowest BCUT2D eigenvalue weighted by Gasteiger charge is -2.09. The van der Waals surface area contributed by atoms with Crippen LogP contribution in [0.15, 0.2) is 83.5 Å². The minimum absolute atomic E-state index is 0.106. The van der Waals surface area contributed by atoms with Gasteiger partial charge in [0.25, 0.3) is 0 Å². The molecule has 0 radical (unpaired) electrons. The second-order valence-electron chi connectivity index (χ2n) is 7.70. The van der Waals surface area contributed by atoms with Gasteiger partial charge in [-0.25, -0.2) is 9.79 Å². The summed E-state index contributed by atoms with van der Waals surface area (Å²) in [6.45, 7) is 6.07. The Balaban J connectivity index is 1.46. The summed E-state index contributed by atoms with van der Waals surface area (Å²) in [4.78, 5) is 16.7. The van der Waals surface area contributed by atoms with Crippen molar-refractivity contribution in [1.29, 1.82) is 0 Å². The number of hydrogen-bond donors (Lipinski definition) is 0. The Hall–Kier alpha value is -3.86. The summed E-state index contributed by atoms with van der Waals surface area (Å²) in [7, 11) is 0. The first-order valence-corrected chi connectivity index (χ1v) is 10.7. The van der Waals surface area contributed by atoms with E-state index in [4.69, 9.17) is 14.2 Å². The number of benzene rings is 3. The summed E-state index contributed by atoms with van der Waals surface area (Å²) < 4.78 is 16.9. The molecule has 0 amide bonds. The maximum Gasteiger partial charge on any atom is 0.363 e. The predicted octanol–water partition coefficient (Wildman–Crippen LogP) is 6.17. The first-order chi connectivity index (χ1) is 15.5. The number of rotatable bonds is 7. The van der Waals surface area contributed by atoms with Crippen molar-refractivity contribution in [2.75, 3.05) is 0 Å². The van der Waals surface area contributed by atoms with Gasteiger partial charge in [-0.3, -0.25) is 0 Å². The molecule has 0 unspecified atom stereocenters. The molecular formula is C27H25NO4. The second-order valence-corrected chi connectivity index (χ2v) is 7.70. The highest BCUT2D eigenvalue weighted by molar-refractivity contribution is 6.12. The molecule has 162 valence electrons. The summed E-state index contributed by atoms with van der Waals surface area (Å²) in [5.41, 5.74) is 3.07. The number of esters is 1. The molecular weight excluding hydrogens is 402 g/mol. The highest BCUT2D eigenvalue weighted by Gasteiger charge is 2.24. The molecule has 1 aliphatic rings. The van der Waals surface area contributed by atoms with E-state index in [9.17, 15) is 4.79 Å². The zero-order valence-electron chi connectivity index (χ0n) is 18.4. The molecule has 4 rings (SSSR count). The highest BCUT2D eigenvalue weighted by atomic mass is 16.6. The topological polar surface area (TPSA) is 57.1 Å². The van der Waals surface area contributed by atoms with Gasteiger partial charge in [0.2, 0.25) is 5.90 Å². The molecule has 0 atom stereocenters. The van der Waals surface area contributed by atoms with Gasteiger partial charge in [-0.2, -0.15) is 0 Å². The third-order valence-corrected chi connectivity index (χ3v) is 4.84. The van der Waals surface area contributed by atoms with Crippen molar-refractivity contribution in [3.8, 4) is 17.2 Å². The number of cyclic esters (lactones) is 1. The molecule has 0 saturated carbocycles. The Morgan fingerprint density at radius 2 is 1.47 bits per heavy atom. The van der Waals surface area contributed by atoms with Crippen LogP contribution >= 0.6 is 0 Å².